The second-order valence-corrected chi connectivity index (χ2v) is 8.22. The monoisotopic (exact) mass is 430 g/mol. The van der Waals surface area contributed by atoms with Gasteiger partial charge < -0.3 is 25.3 Å². The highest BCUT2D eigenvalue weighted by atomic mass is 32.1. The van der Waals surface area contributed by atoms with Crippen molar-refractivity contribution in [2.45, 2.75) is 32.1 Å². The van der Waals surface area contributed by atoms with Gasteiger partial charge in [0.2, 0.25) is 0 Å². The largest absolute Gasteiger partial charge is 0.490 e. The molecule has 4 rings (SSSR count). The van der Waals surface area contributed by atoms with Crippen LogP contribution < -0.4 is 20.5 Å². The van der Waals surface area contributed by atoms with Crippen molar-refractivity contribution in [3.63, 3.8) is 0 Å². The van der Waals surface area contributed by atoms with Gasteiger partial charge in [-0.2, -0.15) is 0 Å². The zero-order valence-corrected chi connectivity index (χ0v) is 17.1. The molecule has 1 aromatic heterocycles. The fourth-order valence-electron chi connectivity index (χ4n) is 3.58. The number of nitrogens with two attached hydrogens (primary N) is 1. The number of hydrogen-bond acceptors (Lipinski definition) is 7. The van der Waals surface area contributed by atoms with Gasteiger partial charge in [-0.25, -0.2) is 4.79 Å². The van der Waals surface area contributed by atoms with Gasteiger partial charge in [-0.1, -0.05) is 0 Å². The Morgan fingerprint density at radius 1 is 1.07 bits per heavy atom. The smallest absolute Gasteiger partial charge is 0.338 e. The molecule has 158 valence electrons. The molecule has 1 aliphatic carbocycles. The first-order chi connectivity index (χ1) is 14.5. The van der Waals surface area contributed by atoms with E-state index in [2.05, 4.69) is 5.32 Å². The minimum absolute atomic E-state index is 0.261. The molecule has 2 heterocycles. The number of primary amides is 1. The lowest BCUT2D eigenvalue weighted by molar-refractivity contribution is -0.119. The summed E-state index contributed by atoms with van der Waals surface area (Å²) in [6.07, 6.45) is 4.44. The highest BCUT2D eigenvalue weighted by Gasteiger charge is 2.25. The maximum absolute atomic E-state index is 12.3. The Morgan fingerprint density at radius 3 is 2.63 bits per heavy atom. The number of carbonyl (C=O) groups excluding carboxylic acids is 3. The van der Waals surface area contributed by atoms with Crippen molar-refractivity contribution in [2.75, 3.05) is 25.1 Å². The molecule has 0 fully saturated rings. The van der Waals surface area contributed by atoms with Crippen LogP contribution in [0.5, 0.6) is 11.5 Å². The van der Waals surface area contributed by atoms with Gasteiger partial charge >= 0.3 is 5.97 Å². The first kappa shape index (κ1) is 20.2. The number of esters is 1. The van der Waals surface area contributed by atoms with Crippen LogP contribution in [0.3, 0.4) is 0 Å². The summed E-state index contributed by atoms with van der Waals surface area (Å²) in [6.45, 7) is 0.575. The maximum atomic E-state index is 12.3. The van der Waals surface area contributed by atoms with Crippen LogP contribution in [0, 0.1) is 0 Å². The number of rotatable bonds is 5. The lowest BCUT2D eigenvalue weighted by Gasteiger charge is -2.11. The Bertz CT molecular complexity index is 1000. The number of fused-ring (bicyclic) bond motifs is 2. The number of nitrogens with one attached hydrogen (secondary N) is 1. The second-order valence-electron chi connectivity index (χ2n) is 7.12. The Labute approximate surface area is 177 Å². The molecule has 0 spiro atoms. The Morgan fingerprint density at radius 2 is 1.83 bits per heavy atom. The van der Waals surface area contributed by atoms with E-state index in [4.69, 9.17) is 19.9 Å². The van der Waals surface area contributed by atoms with Crippen molar-refractivity contribution in [1.29, 1.82) is 0 Å². The lowest BCUT2D eigenvalue weighted by atomic mass is 9.95. The van der Waals surface area contributed by atoms with Gasteiger partial charge in [0.05, 0.1) is 24.3 Å². The number of carbonyl (C=O) groups is 3. The zero-order chi connectivity index (χ0) is 21.1. The van der Waals surface area contributed by atoms with E-state index in [1.54, 1.807) is 18.2 Å². The number of hydrogen-bond donors (Lipinski definition) is 2. The quantitative estimate of drug-likeness (QED) is 0.705. The molecule has 0 bridgehead atoms. The normalized spacial score (nSPS) is 14.9. The maximum Gasteiger partial charge on any atom is 0.338 e. The molecule has 1 aliphatic heterocycles. The van der Waals surface area contributed by atoms with Crippen LogP contribution in [-0.2, 0) is 22.4 Å². The number of amides is 2. The van der Waals surface area contributed by atoms with Gasteiger partial charge in [0.15, 0.2) is 18.1 Å². The highest BCUT2D eigenvalue weighted by molar-refractivity contribution is 7.17. The minimum atomic E-state index is -0.651. The zero-order valence-electron chi connectivity index (χ0n) is 16.3. The van der Waals surface area contributed by atoms with Gasteiger partial charge in [0, 0.05) is 11.3 Å². The molecular formula is C21H22N2O6S. The van der Waals surface area contributed by atoms with Crippen molar-refractivity contribution in [2.24, 2.45) is 5.73 Å². The molecule has 0 saturated heterocycles. The van der Waals surface area contributed by atoms with Crippen molar-refractivity contribution in [3.8, 4) is 11.5 Å². The topological polar surface area (TPSA) is 117 Å². The molecule has 2 aliphatic rings. The summed E-state index contributed by atoms with van der Waals surface area (Å²) >= 11 is 1.36. The van der Waals surface area contributed by atoms with Crippen LogP contribution in [0.25, 0.3) is 0 Å². The lowest BCUT2D eigenvalue weighted by Crippen LogP contribution is -2.23. The van der Waals surface area contributed by atoms with E-state index in [1.165, 1.54) is 11.3 Å². The molecule has 2 aromatic rings. The van der Waals surface area contributed by atoms with Crippen LogP contribution in [-0.4, -0.2) is 37.6 Å². The molecule has 0 radical (unpaired) electrons. The summed E-state index contributed by atoms with van der Waals surface area (Å²) in [5, 5.41) is 3.09. The fraction of sp³-hybridized carbons (Fsp3) is 0.381. The van der Waals surface area contributed by atoms with E-state index in [0.29, 0.717) is 35.3 Å². The summed E-state index contributed by atoms with van der Waals surface area (Å²) < 4.78 is 16.2. The van der Waals surface area contributed by atoms with E-state index >= 15 is 0 Å². The molecule has 8 nitrogen and oxygen atoms in total. The second kappa shape index (κ2) is 8.74. The van der Waals surface area contributed by atoms with Crippen LogP contribution >= 0.6 is 11.3 Å². The average molecular weight is 430 g/mol. The summed E-state index contributed by atoms with van der Waals surface area (Å²) in [6, 6.07) is 4.75. The summed E-state index contributed by atoms with van der Waals surface area (Å²) in [4.78, 5) is 37.7. The van der Waals surface area contributed by atoms with E-state index in [1.807, 2.05) is 0 Å². The van der Waals surface area contributed by atoms with Gasteiger partial charge in [-0.3, -0.25) is 9.59 Å². The Kier molecular flexibility index (Phi) is 5.89. The number of ether oxygens (including phenoxy) is 3. The Hall–Kier alpha value is -3.07. The molecule has 3 N–H and O–H groups in total. The summed E-state index contributed by atoms with van der Waals surface area (Å²) in [7, 11) is 0. The predicted octanol–water partition coefficient (Wildman–Crippen LogP) is 2.68. The highest BCUT2D eigenvalue weighted by Crippen LogP contribution is 2.38. The van der Waals surface area contributed by atoms with Gasteiger partial charge in [0.25, 0.3) is 11.8 Å². The van der Waals surface area contributed by atoms with Crippen molar-refractivity contribution >= 4 is 34.1 Å². The molecule has 30 heavy (non-hydrogen) atoms. The van der Waals surface area contributed by atoms with E-state index in [0.717, 1.165) is 42.5 Å². The van der Waals surface area contributed by atoms with Crippen molar-refractivity contribution < 1.29 is 28.6 Å². The van der Waals surface area contributed by atoms with E-state index < -0.39 is 24.4 Å². The van der Waals surface area contributed by atoms with Crippen LogP contribution in [0.15, 0.2) is 18.2 Å². The number of thiophene rings is 1. The van der Waals surface area contributed by atoms with Crippen LogP contribution in [0.4, 0.5) is 5.00 Å². The predicted molar refractivity (Wildman–Crippen MR) is 110 cm³/mol. The van der Waals surface area contributed by atoms with Crippen LogP contribution in [0.1, 0.15) is 50.4 Å². The number of aryl methyl sites for hydroxylation is 1. The van der Waals surface area contributed by atoms with Crippen molar-refractivity contribution in [1.82, 2.24) is 0 Å². The summed E-state index contributed by atoms with van der Waals surface area (Å²) in [5.41, 5.74) is 7.09. The van der Waals surface area contributed by atoms with Crippen LogP contribution in [0.2, 0.25) is 0 Å². The standard InChI is InChI=1S/C21H22N2O6S/c22-19(25)18-13-4-1-2-5-16(13)30-20(18)23-17(24)11-29-21(26)12-6-7-14-15(10-12)28-9-3-8-27-14/h6-7,10H,1-5,8-9,11H2,(H2,22,25)(H,23,24). The van der Waals surface area contributed by atoms with Gasteiger partial charge in [-0.05, 0) is 49.4 Å². The van der Waals surface area contributed by atoms with E-state index in [-0.39, 0.29) is 5.56 Å². The van der Waals surface area contributed by atoms with E-state index in [9.17, 15) is 14.4 Å². The molecule has 9 heteroatoms. The molecule has 0 unspecified atom stereocenters. The first-order valence-electron chi connectivity index (χ1n) is 9.84. The average Bonchev–Trinajstić information content (AvgIpc) is 2.93. The Balaban J connectivity index is 1.40. The fourth-order valence-corrected chi connectivity index (χ4v) is 4.89. The number of benzene rings is 1. The van der Waals surface area contributed by atoms with Gasteiger partial charge in [0.1, 0.15) is 5.00 Å². The molecule has 0 atom stereocenters. The minimum Gasteiger partial charge on any atom is -0.490 e. The van der Waals surface area contributed by atoms with Crippen molar-refractivity contribution in [3.05, 3.63) is 39.8 Å². The first-order valence-corrected chi connectivity index (χ1v) is 10.7. The molecule has 0 saturated carbocycles. The molecule has 2 amide bonds. The summed E-state index contributed by atoms with van der Waals surface area (Å²) in [5.74, 6) is -0.696. The SMILES string of the molecule is NC(=O)c1c(NC(=O)COC(=O)c2ccc3c(c2)OCCCO3)sc2c1CCCC2. The molecular weight excluding hydrogens is 408 g/mol. The third-order valence-corrected chi connectivity index (χ3v) is 6.20. The van der Waals surface area contributed by atoms with Gasteiger partial charge in [-0.15, -0.1) is 11.3 Å². The third kappa shape index (κ3) is 4.25. The molecule has 1 aromatic carbocycles. The third-order valence-electron chi connectivity index (χ3n) is 4.99. The number of anilines is 1.